The normalized spacial score (nSPS) is 15.4. The lowest BCUT2D eigenvalue weighted by atomic mass is 10.0. The quantitative estimate of drug-likeness (QED) is 0.664. The van der Waals surface area contributed by atoms with Gasteiger partial charge in [0.2, 0.25) is 0 Å². The molecule has 0 unspecified atom stereocenters. The summed E-state index contributed by atoms with van der Waals surface area (Å²) >= 11 is 0. The third-order valence-electron chi connectivity index (χ3n) is 2.29. The fourth-order valence-corrected chi connectivity index (χ4v) is 1.95. The molecule has 0 amide bonds. The monoisotopic (exact) mass is 279 g/mol. The lowest BCUT2D eigenvalue weighted by Crippen LogP contribution is -2.26. The molecule has 4 nitrogen and oxygen atoms in total. The van der Waals surface area contributed by atoms with Crippen molar-refractivity contribution in [2.75, 3.05) is 0 Å². The van der Waals surface area contributed by atoms with Crippen molar-refractivity contribution in [1.82, 2.24) is 5.32 Å². The first-order chi connectivity index (χ1) is 8.31. The fraction of sp³-hybridized carbons (Fsp3) is 0.200. The topological polar surface area (TPSA) is 55.4 Å². The molecule has 1 heterocycles. The molecular weight excluding hydrogens is 271 g/mol. The second-order valence-electron chi connectivity index (χ2n) is 3.53. The molecule has 1 aromatic carbocycles. The summed E-state index contributed by atoms with van der Waals surface area (Å²) in [5.74, 6) is -0.367. The molecule has 0 aliphatic carbocycles. The van der Waals surface area contributed by atoms with Gasteiger partial charge in [-0.15, -0.1) is 0 Å². The Morgan fingerprint density at radius 1 is 1.22 bits per heavy atom. The van der Waals surface area contributed by atoms with E-state index in [-0.39, 0.29) is 5.76 Å². The van der Waals surface area contributed by atoms with E-state index in [9.17, 15) is 21.6 Å². The zero-order valence-electron chi connectivity index (χ0n) is 8.86. The minimum Gasteiger partial charge on any atom is -0.384 e. The van der Waals surface area contributed by atoms with E-state index in [2.05, 4.69) is 9.50 Å². The molecule has 0 saturated carbocycles. The summed E-state index contributed by atoms with van der Waals surface area (Å²) in [4.78, 5) is 0. The summed E-state index contributed by atoms with van der Waals surface area (Å²) in [5, 5.41) is 2.65. The third kappa shape index (κ3) is 2.28. The van der Waals surface area contributed by atoms with Gasteiger partial charge in [-0.3, -0.25) is 0 Å². The van der Waals surface area contributed by atoms with E-state index < -0.39 is 15.6 Å². The van der Waals surface area contributed by atoms with Crippen molar-refractivity contribution >= 4 is 15.9 Å². The predicted octanol–water partition coefficient (Wildman–Crippen LogP) is 1.95. The second kappa shape index (κ2) is 4.20. The molecule has 1 aliphatic heterocycles. The Kier molecular flexibility index (Phi) is 2.97. The number of nitrogens with one attached hydrogen (secondary N) is 1. The Morgan fingerprint density at radius 2 is 1.89 bits per heavy atom. The molecule has 0 saturated heterocycles. The van der Waals surface area contributed by atoms with Gasteiger partial charge in [-0.2, -0.15) is 21.6 Å². The number of benzene rings is 1. The standard InChI is InChI=1S/C10H8F3NO3S/c11-10(12,13)18(15,16)17-9-6-14-5-7-3-1-2-4-8(7)9/h1-4,6,14H,5H2. The number of fused-ring (bicyclic) bond motifs is 1. The van der Waals surface area contributed by atoms with Crippen LogP contribution in [0.15, 0.2) is 30.5 Å². The first-order valence-corrected chi connectivity index (χ1v) is 6.25. The summed E-state index contributed by atoms with van der Waals surface area (Å²) in [6, 6.07) is 6.44. The third-order valence-corrected chi connectivity index (χ3v) is 3.26. The van der Waals surface area contributed by atoms with E-state index in [4.69, 9.17) is 0 Å². The van der Waals surface area contributed by atoms with Gasteiger partial charge in [-0.05, 0) is 5.56 Å². The molecule has 1 aliphatic rings. The van der Waals surface area contributed by atoms with Crippen molar-refractivity contribution in [3.63, 3.8) is 0 Å². The minimum atomic E-state index is -5.65. The van der Waals surface area contributed by atoms with Gasteiger partial charge in [-0.25, -0.2) is 0 Å². The van der Waals surface area contributed by atoms with Gasteiger partial charge in [-0.1, -0.05) is 24.3 Å². The van der Waals surface area contributed by atoms with Crippen molar-refractivity contribution in [1.29, 1.82) is 0 Å². The first-order valence-electron chi connectivity index (χ1n) is 4.84. The maximum absolute atomic E-state index is 12.2. The van der Waals surface area contributed by atoms with E-state index in [0.717, 1.165) is 6.20 Å². The lowest BCUT2D eigenvalue weighted by Gasteiger charge is -2.19. The summed E-state index contributed by atoms with van der Waals surface area (Å²) < 4.78 is 62.6. The summed E-state index contributed by atoms with van der Waals surface area (Å²) in [6.45, 7) is 0.398. The van der Waals surface area contributed by atoms with E-state index >= 15 is 0 Å². The second-order valence-corrected chi connectivity index (χ2v) is 5.07. The van der Waals surface area contributed by atoms with E-state index in [0.29, 0.717) is 17.7 Å². The van der Waals surface area contributed by atoms with Gasteiger partial charge >= 0.3 is 15.6 Å². The van der Waals surface area contributed by atoms with E-state index in [1.165, 1.54) is 6.07 Å². The minimum absolute atomic E-state index is 0.323. The van der Waals surface area contributed by atoms with Crippen LogP contribution in [0.5, 0.6) is 0 Å². The first kappa shape index (κ1) is 12.7. The molecule has 0 spiro atoms. The predicted molar refractivity (Wildman–Crippen MR) is 57.3 cm³/mol. The summed E-state index contributed by atoms with van der Waals surface area (Å²) in [6.07, 6.45) is 1.10. The van der Waals surface area contributed by atoms with Crippen molar-refractivity contribution in [2.45, 2.75) is 12.1 Å². The highest BCUT2D eigenvalue weighted by Gasteiger charge is 2.49. The molecule has 18 heavy (non-hydrogen) atoms. The van der Waals surface area contributed by atoms with Crippen LogP contribution in [0.4, 0.5) is 13.2 Å². The van der Waals surface area contributed by atoms with Gasteiger partial charge in [0.1, 0.15) is 0 Å². The lowest BCUT2D eigenvalue weighted by molar-refractivity contribution is -0.0509. The number of hydrogen-bond donors (Lipinski definition) is 1. The van der Waals surface area contributed by atoms with Crippen molar-refractivity contribution in [3.05, 3.63) is 41.6 Å². The Morgan fingerprint density at radius 3 is 2.56 bits per heavy atom. The zero-order chi connectivity index (χ0) is 13.4. The molecule has 98 valence electrons. The molecule has 0 atom stereocenters. The zero-order valence-corrected chi connectivity index (χ0v) is 9.68. The molecule has 1 N–H and O–H groups in total. The Hall–Kier alpha value is -1.70. The van der Waals surface area contributed by atoms with E-state index in [1.807, 2.05) is 0 Å². The average molecular weight is 279 g/mol. The van der Waals surface area contributed by atoms with Crippen LogP contribution in [0.1, 0.15) is 11.1 Å². The maximum Gasteiger partial charge on any atom is 0.534 e. The van der Waals surface area contributed by atoms with Gasteiger partial charge in [0.15, 0.2) is 5.76 Å². The Labute approximate surface area is 101 Å². The van der Waals surface area contributed by atoms with Crippen LogP contribution in [-0.2, 0) is 20.8 Å². The Bertz CT molecular complexity index is 593. The van der Waals surface area contributed by atoms with E-state index in [1.54, 1.807) is 18.2 Å². The smallest absolute Gasteiger partial charge is 0.384 e. The highest BCUT2D eigenvalue weighted by molar-refractivity contribution is 7.87. The van der Waals surface area contributed by atoms with Crippen molar-refractivity contribution in [2.24, 2.45) is 0 Å². The van der Waals surface area contributed by atoms with Gasteiger partial charge in [0, 0.05) is 18.3 Å². The van der Waals surface area contributed by atoms with Crippen LogP contribution in [0.25, 0.3) is 5.76 Å². The van der Waals surface area contributed by atoms with Crippen molar-refractivity contribution < 1.29 is 25.8 Å². The van der Waals surface area contributed by atoms with Gasteiger partial charge in [0.05, 0.1) is 0 Å². The molecular formula is C10H8F3NO3S. The Balaban J connectivity index is 2.35. The molecule has 1 aromatic rings. The fourth-order valence-electron chi connectivity index (χ4n) is 1.48. The highest BCUT2D eigenvalue weighted by Crippen LogP contribution is 2.31. The maximum atomic E-state index is 12.2. The number of halogens is 3. The molecule has 0 bridgehead atoms. The van der Waals surface area contributed by atoms with Crippen LogP contribution in [0.2, 0.25) is 0 Å². The highest BCUT2D eigenvalue weighted by atomic mass is 32.2. The number of alkyl halides is 3. The summed E-state index contributed by atoms with van der Waals surface area (Å²) in [5.41, 5.74) is -4.46. The number of hydrogen-bond acceptors (Lipinski definition) is 4. The van der Waals surface area contributed by atoms with Crippen LogP contribution < -0.4 is 5.32 Å². The molecule has 0 aromatic heterocycles. The summed E-state index contributed by atoms with van der Waals surface area (Å²) in [7, 11) is -5.65. The molecule has 2 rings (SSSR count). The van der Waals surface area contributed by atoms with Crippen LogP contribution in [-0.4, -0.2) is 13.9 Å². The SMILES string of the molecule is O=S(=O)(OC1=CNCc2ccccc21)C(F)(F)F. The molecule has 8 heteroatoms. The molecule has 0 radical (unpaired) electrons. The number of rotatable bonds is 2. The van der Waals surface area contributed by atoms with Gasteiger partial charge < -0.3 is 9.50 Å². The largest absolute Gasteiger partial charge is 0.534 e. The van der Waals surface area contributed by atoms with Crippen LogP contribution in [0.3, 0.4) is 0 Å². The van der Waals surface area contributed by atoms with Crippen LogP contribution in [0, 0.1) is 0 Å². The van der Waals surface area contributed by atoms with Gasteiger partial charge in [0.25, 0.3) is 0 Å². The molecule has 0 fully saturated rings. The average Bonchev–Trinajstić information content (AvgIpc) is 2.27. The van der Waals surface area contributed by atoms with Crippen molar-refractivity contribution in [3.8, 4) is 0 Å². The van der Waals surface area contributed by atoms with Crippen LogP contribution >= 0.6 is 0 Å².